The lowest BCUT2D eigenvalue weighted by Crippen LogP contribution is -2.23. The van der Waals surface area contributed by atoms with E-state index < -0.39 is 0 Å². The maximum Gasteiger partial charge on any atom is 0.271 e. The maximum absolute atomic E-state index is 12.3. The molecular weight excluding hydrogens is 386 g/mol. The van der Waals surface area contributed by atoms with Crippen LogP contribution >= 0.6 is 15.9 Å². The minimum atomic E-state index is -0.314. The number of halogens is 1. The minimum Gasteiger partial charge on any atom is -0.367 e. The van der Waals surface area contributed by atoms with Crippen molar-refractivity contribution in [3.63, 3.8) is 0 Å². The van der Waals surface area contributed by atoms with Gasteiger partial charge in [0.05, 0.1) is 12.3 Å². The molecule has 0 bridgehead atoms. The topological polar surface area (TPSA) is 111 Å². The maximum atomic E-state index is 12.3. The number of nitrogens with one attached hydrogen (secondary N) is 1. The Morgan fingerprint density at radius 1 is 1.12 bits per heavy atom. The molecule has 0 fully saturated rings. The molecule has 0 aliphatic rings. The van der Waals surface area contributed by atoms with Gasteiger partial charge in [-0.25, -0.2) is 10.1 Å². The standard InChI is InChI=1S/C16H14BrN7O/c17-13-8-6-12(7-9-13)15(25)20-19-14(11-4-2-1-3-5-11)10-24-16(18)21-22-23-24/h1-9H,10H2,(H,20,25)(H2,18,21,23)/b19-14-. The Hall–Kier alpha value is -3.07. The number of tetrazole rings is 1. The summed E-state index contributed by atoms with van der Waals surface area (Å²) in [6.45, 7) is 0.226. The molecule has 2 aromatic carbocycles. The summed E-state index contributed by atoms with van der Waals surface area (Å²) < 4.78 is 2.30. The van der Waals surface area contributed by atoms with Gasteiger partial charge in [0.15, 0.2) is 0 Å². The zero-order valence-electron chi connectivity index (χ0n) is 13.0. The molecular formula is C16H14BrN7O. The number of carbonyl (C=O) groups is 1. The average molecular weight is 400 g/mol. The molecule has 3 rings (SSSR count). The van der Waals surface area contributed by atoms with Gasteiger partial charge in [0.2, 0.25) is 5.95 Å². The third-order valence-corrected chi connectivity index (χ3v) is 3.89. The molecule has 0 unspecified atom stereocenters. The number of amides is 1. The molecule has 1 amide bonds. The van der Waals surface area contributed by atoms with Crippen molar-refractivity contribution in [3.8, 4) is 0 Å². The van der Waals surface area contributed by atoms with Crippen molar-refractivity contribution in [2.45, 2.75) is 6.54 Å². The average Bonchev–Trinajstić information content (AvgIpc) is 3.04. The van der Waals surface area contributed by atoms with E-state index >= 15 is 0 Å². The number of rotatable bonds is 5. The molecule has 0 saturated heterocycles. The molecule has 8 nitrogen and oxygen atoms in total. The fourth-order valence-corrected chi connectivity index (χ4v) is 2.34. The van der Waals surface area contributed by atoms with Crippen LogP contribution in [0.2, 0.25) is 0 Å². The van der Waals surface area contributed by atoms with Crippen LogP contribution in [0.25, 0.3) is 0 Å². The Labute approximate surface area is 151 Å². The van der Waals surface area contributed by atoms with E-state index in [2.05, 4.69) is 42.0 Å². The summed E-state index contributed by atoms with van der Waals surface area (Å²) in [4.78, 5) is 12.3. The van der Waals surface area contributed by atoms with Crippen LogP contribution in [-0.2, 0) is 6.54 Å². The Balaban J connectivity index is 1.83. The van der Waals surface area contributed by atoms with Crippen LogP contribution in [0.5, 0.6) is 0 Å². The largest absolute Gasteiger partial charge is 0.367 e. The van der Waals surface area contributed by atoms with Crippen LogP contribution in [0, 0.1) is 0 Å². The predicted octanol–water partition coefficient (Wildman–Crippen LogP) is 1.85. The fourth-order valence-electron chi connectivity index (χ4n) is 2.07. The monoisotopic (exact) mass is 399 g/mol. The molecule has 25 heavy (non-hydrogen) atoms. The molecule has 0 radical (unpaired) electrons. The number of hydrogen-bond donors (Lipinski definition) is 2. The first-order valence-corrected chi connectivity index (χ1v) is 8.12. The number of anilines is 1. The van der Waals surface area contributed by atoms with Crippen LogP contribution < -0.4 is 11.2 Å². The highest BCUT2D eigenvalue weighted by Gasteiger charge is 2.10. The second-order valence-corrected chi connectivity index (χ2v) is 5.98. The van der Waals surface area contributed by atoms with E-state index in [0.29, 0.717) is 11.3 Å². The second kappa shape index (κ2) is 7.67. The van der Waals surface area contributed by atoms with E-state index in [1.165, 1.54) is 4.68 Å². The number of benzene rings is 2. The number of nitrogen functional groups attached to an aromatic ring is 1. The predicted molar refractivity (Wildman–Crippen MR) is 96.8 cm³/mol. The number of carbonyl (C=O) groups excluding carboxylic acids is 1. The van der Waals surface area contributed by atoms with Crippen molar-refractivity contribution >= 4 is 33.5 Å². The number of hydrazone groups is 1. The Bertz CT molecular complexity index is 890. The fraction of sp³-hybridized carbons (Fsp3) is 0.0625. The lowest BCUT2D eigenvalue weighted by Gasteiger charge is -2.08. The van der Waals surface area contributed by atoms with Crippen molar-refractivity contribution in [2.75, 3.05) is 5.73 Å². The van der Waals surface area contributed by atoms with Crippen molar-refractivity contribution in [2.24, 2.45) is 5.10 Å². The molecule has 126 valence electrons. The van der Waals surface area contributed by atoms with E-state index in [-0.39, 0.29) is 18.4 Å². The van der Waals surface area contributed by atoms with Crippen LogP contribution in [0.1, 0.15) is 15.9 Å². The summed E-state index contributed by atoms with van der Waals surface area (Å²) >= 11 is 3.33. The first-order chi connectivity index (χ1) is 12.1. The van der Waals surface area contributed by atoms with Gasteiger partial charge in [-0.05, 0) is 40.3 Å². The van der Waals surface area contributed by atoms with Crippen LogP contribution in [0.3, 0.4) is 0 Å². The van der Waals surface area contributed by atoms with E-state index in [4.69, 9.17) is 5.73 Å². The molecule has 3 N–H and O–H groups in total. The zero-order valence-corrected chi connectivity index (χ0v) is 14.6. The van der Waals surface area contributed by atoms with E-state index in [1.54, 1.807) is 24.3 Å². The first kappa shape index (κ1) is 16.8. The minimum absolute atomic E-state index is 0.169. The second-order valence-electron chi connectivity index (χ2n) is 5.07. The van der Waals surface area contributed by atoms with Gasteiger partial charge in [0.25, 0.3) is 5.91 Å². The zero-order chi connectivity index (χ0) is 17.6. The van der Waals surface area contributed by atoms with Crippen LogP contribution in [0.15, 0.2) is 64.2 Å². The van der Waals surface area contributed by atoms with Crippen LogP contribution in [-0.4, -0.2) is 31.8 Å². The molecule has 1 heterocycles. The van der Waals surface area contributed by atoms with Crippen molar-refractivity contribution in [1.82, 2.24) is 25.6 Å². The quantitative estimate of drug-likeness (QED) is 0.502. The highest BCUT2D eigenvalue weighted by atomic mass is 79.9. The smallest absolute Gasteiger partial charge is 0.271 e. The Morgan fingerprint density at radius 3 is 2.48 bits per heavy atom. The van der Waals surface area contributed by atoms with Gasteiger partial charge in [-0.3, -0.25) is 4.79 Å². The molecule has 0 spiro atoms. The van der Waals surface area contributed by atoms with Gasteiger partial charge in [-0.2, -0.15) is 5.10 Å². The lowest BCUT2D eigenvalue weighted by atomic mass is 10.1. The lowest BCUT2D eigenvalue weighted by molar-refractivity contribution is 0.0954. The van der Waals surface area contributed by atoms with Gasteiger partial charge in [0, 0.05) is 10.0 Å². The molecule has 1 aromatic heterocycles. The molecule has 0 saturated carbocycles. The summed E-state index contributed by atoms with van der Waals surface area (Å²) in [5.74, 6) is -0.145. The number of nitrogens with zero attached hydrogens (tertiary/aromatic N) is 5. The molecule has 0 aliphatic carbocycles. The van der Waals surface area contributed by atoms with Gasteiger partial charge in [-0.15, -0.1) is 0 Å². The van der Waals surface area contributed by atoms with Gasteiger partial charge >= 0.3 is 0 Å². The highest BCUT2D eigenvalue weighted by molar-refractivity contribution is 9.10. The first-order valence-electron chi connectivity index (χ1n) is 7.33. The number of aromatic nitrogens is 4. The van der Waals surface area contributed by atoms with Gasteiger partial charge in [0.1, 0.15) is 0 Å². The van der Waals surface area contributed by atoms with Crippen molar-refractivity contribution < 1.29 is 4.79 Å². The summed E-state index contributed by atoms with van der Waals surface area (Å²) in [7, 11) is 0. The van der Waals surface area contributed by atoms with Crippen molar-refractivity contribution in [1.29, 1.82) is 0 Å². The van der Waals surface area contributed by atoms with Gasteiger partial charge in [-0.1, -0.05) is 51.4 Å². The summed E-state index contributed by atoms with van der Waals surface area (Å²) in [5.41, 5.74) is 10.2. The molecule has 9 heteroatoms. The third-order valence-electron chi connectivity index (χ3n) is 3.36. The Morgan fingerprint density at radius 2 is 1.84 bits per heavy atom. The molecule has 0 atom stereocenters. The SMILES string of the molecule is Nc1nnnn1C/C(=N/NC(=O)c1ccc(Br)cc1)c1ccccc1. The van der Waals surface area contributed by atoms with E-state index in [0.717, 1.165) is 10.0 Å². The summed E-state index contributed by atoms with van der Waals surface area (Å²) in [5, 5.41) is 15.2. The molecule has 0 aliphatic heterocycles. The highest BCUT2D eigenvalue weighted by Crippen LogP contribution is 2.10. The van der Waals surface area contributed by atoms with Crippen molar-refractivity contribution in [3.05, 3.63) is 70.2 Å². The summed E-state index contributed by atoms with van der Waals surface area (Å²) in [6, 6.07) is 16.4. The van der Waals surface area contributed by atoms with E-state index in [9.17, 15) is 4.79 Å². The normalized spacial score (nSPS) is 11.3. The van der Waals surface area contributed by atoms with E-state index in [1.807, 2.05) is 30.3 Å². The number of hydrogen-bond acceptors (Lipinski definition) is 6. The Kier molecular flexibility index (Phi) is 5.14. The number of nitrogens with two attached hydrogens (primary N) is 1. The summed E-state index contributed by atoms with van der Waals surface area (Å²) in [6.07, 6.45) is 0. The van der Waals surface area contributed by atoms with Gasteiger partial charge < -0.3 is 5.73 Å². The third kappa shape index (κ3) is 4.27. The molecule has 3 aromatic rings. The van der Waals surface area contributed by atoms with Crippen LogP contribution in [0.4, 0.5) is 5.95 Å².